The summed E-state index contributed by atoms with van der Waals surface area (Å²) in [7, 11) is 1.19. The molecule has 0 bridgehead atoms. The van der Waals surface area contributed by atoms with Crippen molar-refractivity contribution in [3.8, 4) is 5.75 Å². The number of fused-ring (bicyclic) bond motifs is 4. The Labute approximate surface area is 195 Å². The van der Waals surface area contributed by atoms with Crippen LogP contribution in [0.25, 0.3) is 0 Å². The number of carbonyl (C=O) groups excluding carboxylic acids is 2. The number of hydrogen-bond acceptors (Lipinski definition) is 7. The Morgan fingerprint density at radius 1 is 1.18 bits per heavy atom. The summed E-state index contributed by atoms with van der Waals surface area (Å²) in [6.07, 6.45) is 1.52. The molecule has 1 spiro atoms. The highest BCUT2D eigenvalue weighted by Crippen LogP contribution is 2.54. The van der Waals surface area contributed by atoms with E-state index in [1.807, 2.05) is 6.92 Å². The van der Waals surface area contributed by atoms with Crippen molar-refractivity contribution >= 4 is 17.6 Å². The van der Waals surface area contributed by atoms with E-state index in [0.717, 1.165) is 0 Å². The number of carbonyl (C=O) groups is 2. The highest BCUT2D eigenvalue weighted by Gasteiger charge is 2.62. The van der Waals surface area contributed by atoms with Gasteiger partial charge in [-0.25, -0.2) is 4.79 Å². The number of furan rings is 1. The molecule has 4 heterocycles. The van der Waals surface area contributed by atoms with Gasteiger partial charge < -0.3 is 29.1 Å². The number of esters is 1. The minimum Gasteiger partial charge on any atom is -0.467 e. The summed E-state index contributed by atoms with van der Waals surface area (Å²) in [5.74, 6) is -0.892. The Hall–Kier alpha value is -4.27. The van der Waals surface area contributed by atoms with E-state index in [9.17, 15) is 14.4 Å². The van der Waals surface area contributed by atoms with Crippen molar-refractivity contribution < 1.29 is 23.5 Å². The number of hydrogen-bond donors (Lipinski definition) is 1. The Morgan fingerprint density at radius 2 is 1.94 bits per heavy atom. The molecule has 174 valence electrons. The van der Waals surface area contributed by atoms with Crippen LogP contribution in [0.5, 0.6) is 5.75 Å². The van der Waals surface area contributed by atoms with Crippen LogP contribution in [0, 0.1) is 6.92 Å². The monoisotopic (exact) mass is 461 g/mol. The number of aryl methyl sites for hydroxylation is 1. The van der Waals surface area contributed by atoms with Gasteiger partial charge in [0.05, 0.1) is 25.5 Å². The molecule has 2 N–H and O–H groups in total. The molecule has 2 aromatic heterocycles. The smallest absolute Gasteiger partial charge is 0.340 e. The van der Waals surface area contributed by atoms with Gasteiger partial charge in [-0.2, -0.15) is 0 Å². The van der Waals surface area contributed by atoms with Gasteiger partial charge in [0, 0.05) is 29.6 Å². The van der Waals surface area contributed by atoms with E-state index in [1.165, 1.54) is 22.8 Å². The molecule has 9 nitrogen and oxygen atoms in total. The van der Waals surface area contributed by atoms with Gasteiger partial charge in [0.25, 0.3) is 5.56 Å². The summed E-state index contributed by atoms with van der Waals surface area (Å²) in [5.41, 5.74) is 5.40. The third-order valence-corrected chi connectivity index (χ3v) is 6.45. The lowest BCUT2D eigenvalue weighted by Gasteiger charge is -2.35. The van der Waals surface area contributed by atoms with E-state index in [4.69, 9.17) is 19.6 Å². The van der Waals surface area contributed by atoms with Gasteiger partial charge >= 0.3 is 5.97 Å². The molecule has 0 radical (unpaired) electrons. The van der Waals surface area contributed by atoms with Crippen LogP contribution < -0.4 is 20.9 Å². The van der Waals surface area contributed by atoms with Gasteiger partial charge in [-0.15, -0.1) is 0 Å². The number of para-hydroxylation sites is 1. The lowest BCUT2D eigenvalue weighted by molar-refractivity contribution is -0.138. The zero-order valence-corrected chi connectivity index (χ0v) is 19.0. The number of benzene rings is 1. The summed E-state index contributed by atoms with van der Waals surface area (Å²) >= 11 is 0. The van der Waals surface area contributed by atoms with Crippen LogP contribution in [0.2, 0.25) is 0 Å². The number of methoxy groups -OCH3 is 1. The fourth-order valence-corrected chi connectivity index (χ4v) is 5.01. The highest BCUT2D eigenvalue weighted by atomic mass is 16.5. The van der Waals surface area contributed by atoms with Crippen LogP contribution in [0.4, 0.5) is 5.69 Å². The summed E-state index contributed by atoms with van der Waals surface area (Å²) in [6.45, 7) is 4.04. The number of nitrogens with zero attached hydrogens (tertiary/aromatic N) is 2. The number of rotatable bonds is 4. The Kier molecular flexibility index (Phi) is 4.85. The minimum atomic E-state index is -1.81. The van der Waals surface area contributed by atoms with Crippen molar-refractivity contribution in [3.05, 3.63) is 93.1 Å². The Balaban J connectivity index is 1.90. The molecule has 9 heteroatoms. The second-order valence-electron chi connectivity index (χ2n) is 8.15. The number of nitrogens with two attached hydrogens (primary N) is 1. The normalized spacial score (nSPS) is 18.7. The summed E-state index contributed by atoms with van der Waals surface area (Å²) in [6, 6.07) is 12.2. The van der Waals surface area contributed by atoms with E-state index in [0.29, 0.717) is 29.2 Å². The first-order chi connectivity index (χ1) is 16.4. The average Bonchev–Trinajstić information content (AvgIpc) is 3.41. The van der Waals surface area contributed by atoms with E-state index in [-0.39, 0.29) is 29.3 Å². The molecule has 2 aliphatic rings. The second kappa shape index (κ2) is 7.65. The topological polar surface area (TPSA) is 117 Å². The number of amides is 1. The minimum absolute atomic E-state index is 0.0210. The molecule has 0 aliphatic carbocycles. The van der Waals surface area contributed by atoms with Crippen molar-refractivity contribution in [2.24, 2.45) is 5.73 Å². The zero-order valence-electron chi connectivity index (χ0n) is 19.0. The number of ether oxygens (including phenoxy) is 2. The second-order valence-corrected chi connectivity index (χ2v) is 8.15. The molecule has 2 aliphatic heterocycles. The van der Waals surface area contributed by atoms with Crippen LogP contribution in [-0.2, 0) is 26.3 Å². The molecular weight excluding hydrogens is 438 g/mol. The standard InChI is InChI=1S/C25H23N3O6/c1-4-27-17-10-6-5-9-16(17)25(24(27)31)19-18(34-21(26)20(25)23(30)32-3)12-14(2)28(22(19)29)13-15-8-7-11-33-15/h5-12H,4,13,26H2,1-3H3. The van der Waals surface area contributed by atoms with Gasteiger partial charge in [0.15, 0.2) is 0 Å². The predicted molar refractivity (Wildman–Crippen MR) is 122 cm³/mol. The maximum atomic E-state index is 14.2. The first-order valence-electron chi connectivity index (χ1n) is 10.8. The fourth-order valence-electron chi connectivity index (χ4n) is 5.01. The van der Waals surface area contributed by atoms with Crippen molar-refractivity contribution in [3.63, 3.8) is 0 Å². The van der Waals surface area contributed by atoms with Crippen molar-refractivity contribution in [1.82, 2.24) is 4.57 Å². The summed E-state index contributed by atoms with van der Waals surface area (Å²) in [4.78, 5) is 42.9. The van der Waals surface area contributed by atoms with Crippen LogP contribution in [-0.4, -0.2) is 30.1 Å². The molecule has 1 aromatic carbocycles. The number of likely N-dealkylation sites (N-methyl/N-ethyl adjacent to an activating group) is 1. The number of pyridine rings is 1. The van der Waals surface area contributed by atoms with Crippen molar-refractivity contribution in [2.45, 2.75) is 25.8 Å². The predicted octanol–water partition coefficient (Wildman–Crippen LogP) is 2.19. The molecule has 0 saturated heterocycles. The maximum Gasteiger partial charge on any atom is 0.340 e. The molecule has 0 fully saturated rings. The highest BCUT2D eigenvalue weighted by molar-refractivity contribution is 6.18. The molecule has 3 aromatic rings. The first kappa shape index (κ1) is 21.6. The zero-order chi connectivity index (χ0) is 24.2. The van der Waals surface area contributed by atoms with E-state index >= 15 is 0 Å². The van der Waals surface area contributed by atoms with Crippen LogP contribution in [0.3, 0.4) is 0 Å². The van der Waals surface area contributed by atoms with Gasteiger partial charge in [0.2, 0.25) is 11.8 Å². The number of anilines is 1. The van der Waals surface area contributed by atoms with Crippen LogP contribution in [0.15, 0.2) is 69.4 Å². The average molecular weight is 461 g/mol. The van der Waals surface area contributed by atoms with Crippen molar-refractivity contribution in [2.75, 3.05) is 18.6 Å². The third-order valence-electron chi connectivity index (χ3n) is 6.45. The van der Waals surface area contributed by atoms with E-state index < -0.39 is 22.9 Å². The maximum absolute atomic E-state index is 14.2. The SMILES string of the molecule is CCN1C(=O)C2(C(C(=O)OC)=C(N)Oc3cc(C)n(Cc4ccco4)c(=O)c32)c2ccccc21. The largest absolute Gasteiger partial charge is 0.467 e. The molecule has 1 atom stereocenters. The van der Waals surface area contributed by atoms with Crippen LogP contribution >= 0.6 is 0 Å². The summed E-state index contributed by atoms with van der Waals surface area (Å²) in [5, 5.41) is 0. The van der Waals surface area contributed by atoms with Crippen molar-refractivity contribution in [1.29, 1.82) is 0 Å². The molecule has 5 rings (SSSR count). The molecule has 0 saturated carbocycles. The lowest BCUT2D eigenvalue weighted by atomic mass is 9.68. The number of aromatic nitrogens is 1. The Bertz CT molecular complexity index is 1420. The van der Waals surface area contributed by atoms with Gasteiger partial charge in [-0.1, -0.05) is 18.2 Å². The van der Waals surface area contributed by atoms with Gasteiger partial charge in [-0.05, 0) is 32.0 Å². The van der Waals surface area contributed by atoms with Crippen LogP contribution in [0.1, 0.15) is 29.5 Å². The van der Waals surface area contributed by atoms with Gasteiger partial charge in [-0.3, -0.25) is 9.59 Å². The third kappa shape index (κ3) is 2.70. The van der Waals surface area contributed by atoms with Gasteiger partial charge in [0.1, 0.15) is 22.5 Å². The fraction of sp³-hybridized carbons (Fsp3) is 0.240. The lowest BCUT2D eigenvalue weighted by Crippen LogP contribution is -2.52. The Morgan fingerprint density at radius 3 is 2.62 bits per heavy atom. The molecule has 1 unspecified atom stereocenters. The molecule has 34 heavy (non-hydrogen) atoms. The van der Waals surface area contributed by atoms with E-state index in [2.05, 4.69) is 0 Å². The molecular formula is C25H23N3O6. The first-order valence-corrected chi connectivity index (χ1v) is 10.8. The summed E-state index contributed by atoms with van der Waals surface area (Å²) < 4.78 is 17.7. The quantitative estimate of drug-likeness (QED) is 0.592. The molecule has 1 amide bonds. The van der Waals surface area contributed by atoms with E-state index in [1.54, 1.807) is 49.4 Å².